The van der Waals surface area contributed by atoms with Crippen LogP contribution in [0, 0.1) is 0 Å². The van der Waals surface area contributed by atoms with Gasteiger partial charge in [0.1, 0.15) is 5.82 Å². The molecule has 0 aliphatic rings. The van der Waals surface area contributed by atoms with Crippen molar-refractivity contribution in [1.29, 1.82) is 0 Å². The summed E-state index contributed by atoms with van der Waals surface area (Å²) in [6.07, 6.45) is 5.54. The molecule has 1 aromatic rings. The first-order valence-electron chi connectivity index (χ1n) is 9.04. The van der Waals surface area contributed by atoms with Crippen molar-refractivity contribution in [1.82, 2.24) is 9.55 Å². The fourth-order valence-electron chi connectivity index (χ4n) is 1.19. The van der Waals surface area contributed by atoms with E-state index in [0.717, 1.165) is 4.57 Å². The van der Waals surface area contributed by atoms with Crippen LogP contribution in [-0.4, -0.2) is 16.6 Å². The minimum Gasteiger partial charge on any atom is -0.374 e. The second kappa shape index (κ2) is 25.4. The molecule has 0 spiro atoms. The van der Waals surface area contributed by atoms with Crippen molar-refractivity contribution in [2.45, 2.75) is 81.1 Å². The first-order chi connectivity index (χ1) is 11.1. The Kier molecular flexibility index (Phi) is 32.6. The number of hydrogen-bond donors (Lipinski definition) is 2. The molecule has 0 saturated carbocycles. The van der Waals surface area contributed by atoms with E-state index >= 15 is 0 Å². The number of anilines is 1. The third kappa shape index (κ3) is 18.4. The molecular formula is C18H41N3O2. The van der Waals surface area contributed by atoms with Crippen molar-refractivity contribution in [3.63, 3.8) is 0 Å². The first-order valence-corrected chi connectivity index (χ1v) is 9.04. The summed E-state index contributed by atoms with van der Waals surface area (Å²) in [4.78, 5) is 24.3. The number of unbranched alkanes of at least 4 members (excludes halogenated alkanes) is 3. The van der Waals surface area contributed by atoms with Crippen LogP contribution < -0.4 is 16.6 Å². The molecular weight excluding hydrogens is 290 g/mol. The third-order valence-corrected chi connectivity index (χ3v) is 2.37. The van der Waals surface area contributed by atoms with Gasteiger partial charge in [-0.1, -0.05) is 81.1 Å². The maximum atomic E-state index is 10.9. The van der Waals surface area contributed by atoms with Crippen LogP contribution in [0.3, 0.4) is 0 Å². The highest BCUT2D eigenvalue weighted by Crippen LogP contribution is 1.95. The van der Waals surface area contributed by atoms with Crippen molar-refractivity contribution in [3.8, 4) is 0 Å². The van der Waals surface area contributed by atoms with Gasteiger partial charge >= 0.3 is 5.69 Å². The molecule has 1 rings (SSSR count). The number of aromatic nitrogens is 2. The highest BCUT2D eigenvalue weighted by Gasteiger charge is 1.96. The molecule has 1 heterocycles. The normalized spacial score (nSPS) is 7.74. The molecule has 0 bridgehead atoms. The first kappa shape index (κ1) is 29.5. The van der Waals surface area contributed by atoms with Crippen LogP contribution >= 0.6 is 0 Å². The molecule has 0 fully saturated rings. The summed E-state index contributed by atoms with van der Waals surface area (Å²) in [5.41, 5.74) is -0.736. The Morgan fingerprint density at radius 1 is 0.957 bits per heavy atom. The molecule has 0 aliphatic heterocycles. The lowest BCUT2D eigenvalue weighted by Gasteiger charge is -1.99. The van der Waals surface area contributed by atoms with E-state index in [-0.39, 0.29) is 5.56 Å². The predicted molar refractivity (Wildman–Crippen MR) is 106 cm³/mol. The lowest BCUT2D eigenvalue weighted by Crippen LogP contribution is -2.32. The third-order valence-electron chi connectivity index (χ3n) is 2.37. The molecule has 0 atom stereocenters. The van der Waals surface area contributed by atoms with E-state index in [1.54, 1.807) is 7.05 Å². The predicted octanol–water partition coefficient (Wildman–Crippen LogP) is 4.78. The van der Waals surface area contributed by atoms with E-state index in [9.17, 15) is 9.59 Å². The zero-order valence-corrected chi connectivity index (χ0v) is 17.2. The van der Waals surface area contributed by atoms with Crippen LogP contribution in [0.2, 0.25) is 0 Å². The molecule has 0 amide bonds. The van der Waals surface area contributed by atoms with E-state index in [1.165, 1.54) is 38.8 Å². The number of aromatic amines is 1. The Balaban J connectivity index is -0.000000129. The fraction of sp³-hybridized carbons (Fsp3) is 0.778. The Hall–Kier alpha value is -1.52. The van der Waals surface area contributed by atoms with Gasteiger partial charge < -0.3 is 5.32 Å². The topological polar surface area (TPSA) is 66.9 Å². The van der Waals surface area contributed by atoms with Gasteiger partial charge in [0.25, 0.3) is 5.56 Å². The highest BCUT2D eigenvalue weighted by molar-refractivity contribution is 5.30. The molecule has 140 valence electrons. The van der Waals surface area contributed by atoms with Crippen LogP contribution in [0.25, 0.3) is 0 Å². The number of rotatable bonds is 4. The minimum atomic E-state index is -0.415. The van der Waals surface area contributed by atoms with Crippen molar-refractivity contribution in [2.24, 2.45) is 7.05 Å². The lowest BCUT2D eigenvalue weighted by molar-refractivity contribution is 0.702. The summed E-state index contributed by atoms with van der Waals surface area (Å²) in [5, 5.41) is 2.67. The quantitative estimate of drug-likeness (QED) is 0.780. The van der Waals surface area contributed by atoms with Gasteiger partial charge in [-0.25, -0.2) is 4.79 Å². The average molecular weight is 332 g/mol. The number of nitrogens with zero attached hydrogens (tertiary/aromatic N) is 1. The van der Waals surface area contributed by atoms with E-state index in [0.29, 0.717) is 5.82 Å². The maximum Gasteiger partial charge on any atom is 0.329 e. The van der Waals surface area contributed by atoms with Gasteiger partial charge in [-0.05, 0) is 0 Å². The fourth-order valence-corrected chi connectivity index (χ4v) is 1.19. The number of hydrogen-bond acceptors (Lipinski definition) is 3. The molecule has 0 radical (unpaired) electrons. The Morgan fingerprint density at radius 2 is 1.35 bits per heavy atom. The van der Waals surface area contributed by atoms with Crippen molar-refractivity contribution in [2.75, 3.05) is 12.4 Å². The van der Waals surface area contributed by atoms with Gasteiger partial charge in [-0.2, -0.15) is 0 Å². The lowest BCUT2D eigenvalue weighted by atomic mass is 10.2. The summed E-state index contributed by atoms with van der Waals surface area (Å²) < 4.78 is 1.00. The van der Waals surface area contributed by atoms with Crippen molar-refractivity contribution >= 4 is 5.82 Å². The average Bonchev–Trinajstić information content (AvgIpc) is 2.63. The minimum absolute atomic E-state index is 0.321. The summed E-state index contributed by atoms with van der Waals surface area (Å²) in [6.45, 7) is 16.5. The molecule has 0 unspecified atom stereocenters. The van der Waals surface area contributed by atoms with Gasteiger partial charge in [0, 0.05) is 20.2 Å². The molecule has 5 nitrogen and oxygen atoms in total. The number of nitrogens with one attached hydrogen (secondary N) is 2. The van der Waals surface area contributed by atoms with Gasteiger partial charge in [0.2, 0.25) is 0 Å². The Labute approximate surface area is 143 Å². The van der Waals surface area contributed by atoms with Crippen LogP contribution in [0.1, 0.15) is 81.1 Å². The summed E-state index contributed by atoms with van der Waals surface area (Å²) >= 11 is 0. The van der Waals surface area contributed by atoms with Crippen molar-refractivity contribution < 1.29 is 0 Å². The van der Waals surface area contributed by atoms with Crippen LogP contribution in [0.5, 0.6) is 0 Å². The van der Waals surface area contributed by atoms with Gasteiger partial charge in [-0.15, -0.1) is 0 Å². The van der Waals surface area contributed by atoms with Crippen LogP contribution in [0.4, 0.5) is 5.82 Å². The zero-order chi connectivity index (χ0) is 19.3. The molecule has 2 N–H and O–H groups in total. The Bertz CT molecular complexity index is 388. The summed E-state index contributed by atoms with van der Waals surface area (Å²) in [5.74, 6) is 0.429. The Morgan fingerprint density at radius 3 is 1.61 bits per heavy atom. The molecule has 0 aliphatic carbocycles. The van der Waals surface area contributed by atoms with E-state index in [2.05, 4.69) is 24.1 Å². The van der Waals surface area contributed by atoms with E-state index in [4.69, 9.17) is 0 Å². The molecule has 23 heavy (non-hydrogen) atoms. The largest absolute Gasteiger partial charge is 0.374 e. The van der Waals surface area contributed by atoms with E-state index in [1.807, 2.05) is 41.5 Å². The number of H-pyrrole nitrogens is 1. The van der Waals surface area contributed by atoms with Crippen LogP contribution in [-0.2, 0) is 7.05 Å². The van der Waals surface area contributed by atoms with Crippen LogP contribution in [0.15, 0.2) is 15.7 Å². The smallest absolute Gasteiger partial charge is 0.329 e. The molecule has 0 saturated heterocycles. The van der Waals surface area contributed by atoms with Gasteiger partial charge in [0.15, 0.2) is 0 Å². The standard InChI is InChI=1S/C6H9N3O2.C6H14.3C2H6/c1-7-4-3-5(10)9(2)6(11)8-4;1-3-5-6-4-2;3*1-2/h3,7H,1-2H3,(H,8,11);3-6H2,1-2H3;3*1-2H3. The highest BCUT2D eigenvalue weighted by atomic mass is 16.2. The van der Waals surface area contributed by atoms with Gasteiger partial charge in [-0.3, -0.25) is 14.3 Å². The zero-order valence-electron chi connectivity index (χ0n) is 17.2. The molecule has 0 aromatic carbocycles. The van der Waals surface area contributed by atoms with E-state index < -0.39 is 5.69 Å². The second-order valence-electron chi connectivity index (χ2n) is 3.84. The van der Waals surface area contributed by atoms with Gasteiger partial charge in [0.05, 0.1) is 0 Å². The summed E-state index contributed by atoms with van der Waals surface area (Å²) in [6, 6.07) is 1.32. The monoisotopic (exact) mass is 331 g/mol. The maximum absolute atomic E-state index is 10.9. The SMILES string of the molecule is CC.CC.CC.CCCCCC.CNc1cc(=O)n(C)c(=O)[nH]1. The van der Waals surface area contributed by atoms with Crippen molar-refractivity contribution in [3.05, 3.63) is 26.9 Å². The molecule has 5 heteroatoms. The second-order valence-corrected chi connectivity index (χ2v) is 3.84. The summed E-state index contributed by atoms with van der Waals surface area (Å²) in [7, 11) is 3.05. The molecule has 1 aromatic heterocycles.